The van der Waals surface area contributed by atoms with Gasteiger partial charge in [0.2, 0.25) is 11.8 Å². The summed E-state index contributed by atoms with van der Waals surface area (Å²) in [6, 6.07) is -0.347. The largest absolute Gasteiger partial charge is 0.345 e. The van der Waals surface area contributed by atoms with E-state index in [0.29, 0.717) is 13.0 Å². The number of rotatable bonds is 3. The van der Waals surface area contributed by atoms with Crippen molar-refractivity contribution in [2.45, 2.75) is 33.2 Å². The Morgan fingerprint density at radius 2 is 2.19 bits per heavy atom. The minimum Gasteiger partial charge on any atom is -0.345 e. The fourth-order valence-corrected chi connectivity index (χ4v) is 1.89. The van der Waals surface area contributed by atoms with E-state index in [9.17, 15) is 9.59 Å². The smallest absolute Gasteiger partial charge is 0.243 e. The van der Waals surface area contributed by atoms with E-state index in [-0.39, 0.29) is 30.3 Å². The van der Waals surface area contributed by atoms with Crippen LogP contribution < -0.4 is 5.32 Å². The van der Waals surface area contributed by atoms with Gasteiger partial charge in [-0.3, -0.25) is 9.59 Å². The molecule has 1 atom stereocenters. The van der Waals surface area contributed by atoms with Crippen LogP contribution in [-0.4, -0.2) is 35.8 Å². The van der Waals surface area contributed by atoms with Gasteiger partial charge in [-0.1, -0.05) is 13.8 Å². The number of nitrogens with zero attached hydrogens (tertiary/aromatic N) is 1. The Morgan fingerprint density at radius 3 is 2.75 bits per heavy atom. The lowest BCUT2D eigenvalue weighted by Gasteiger charge is -2.36. The molecule has 1 heterocycles. The molecule has 0 aliphatic carbocycles. The maximum atomic E-state index is 11.7. The molecule has 2 amide bonds. The first-order valence-corrected chi connectivity index (χ1v) is 5.54. The molecule has 1 N–H and O–H groups in total. The number of carbonyl (C=O) groups excluding carboxylic acids is 2. The van der Waals surface area contributed by atoms with Crippen LogP contribution in [-0.2, 0) is 9.59 Å². The van der Waals surface area contributed by atoms with E-state index in [1.807, 2.05) is 13.8 Å². The summed E-state index contributed by atoms with van der Waals surface area (Å²) >= 11 is 0. The number of carbonyl (C=O) groups is 2. The van der Waals surface area contributed by atoms with Crippen molar-refractivity contribution in [2.75, 3.05) is 13.1 Å². The molecule has 0 bridgehead atoms. The average molecular weight is 222 g/mol. The summed E-state index contributed by atoms with van der Waals surface area (Å²) in [7, 11) is 0. The Morgan fingerprint density at radius 1 is 1.50 bits per heavy atom. The molecule has 1 unspecified atom stereocenters. The summed E-state index contributed by atoms with van der Waals surface area (Å²) in [5.41, 5.74) is 0. The number of hydrogen-bond donors (Lipinski definition) is 1. The second-order valence-corrected chi connectivity index (χ2v) is 4.17. The first-order chi connectivity index (χ1) is 7.57. The maximum absolute atomic E-state index is 11.7. The summed E-state index contributed by atoms with van der Waals surface area (Å²) in [5, 5.41) is 2.62. The Kier molecular flexibility index (Phi) is 4.36. The van der Waals surface area contributed by atoms with Crippen LogP contribution in [0.4, 0.5) is 0 Å². The van der Waals surface area contributed by atoms with Crippen LogP contribution in [0, 0.1) is 17.8 Å². The molecule has 0 radical (unpaired) electrons. The fourth-order valence-electron chi connectivity index (χ4n) is 1.89. The molecular weight excluding hydrogens is 204 g/mol. The van der Waals surface area contributed by atoms with Gasteiger partial charge >= 0.3 is 0 Å². The lowest BCUT2D eigenvalue weighted by Crippen LogP contribution is -2.60. The van der Waals surface area contributed by atoms with Gasteiger partial charge in [0, 0.05) is 13.0 Å². The molecule has 0 spiro atoms. The zero-order valence-electron chi connectivity index (χ0n) is 10.0. The van der Waals surface area contributed by atoms with Crippen molar-refractivity contribution in [1.82, 2.24) is 10.2 Å². The summed E-state index contributed by atoms with van der Waals surface area (Å²) in [6.45, 7) is 6.31. The van der Waals surface area contributed by atoms with Gasteiger partial charge < -0.3 is 10.2 Å². The van der Waals surface area contributed by atoms with Crippen molar-refractivity contribution in [3.05, 3.63) is 0 Å². The Balaban J connectivity index is 2.75. The van der Waals surface area contributed by atoms with E-state index in [4.69, 9.17) is 0 Å². The molecule has 16 heavy (non-hydrogen) atoms. The molecule has 1 rings (SSSR count). The highest BCUT2D eigenvalue weighted by Gasteiger charge is 2.35. The topological polar surface area (TPSA) is 49.4 Å². The van der Waals surface area contributed by atoms with Gasteiger partial charge in [0.05, 0.1) is 6.54 Å². The van der Waals surface area contributed by atoms with Crippen molar-refractivity contribution in [1.29, 1.82) is 0 Å². The highest BCUT2D eigenvalue weighted by molar-refractivity contribution is 5.94. The lowest BCUT2D eigenvalue weighted by molar-refractivity contribution is -0.147. The van der Waals surface area contributed by atoms with E-state index in [0.717, 1.165) is 0 Å². The van der Waals surface area contributed by atoms with Gasteiger partial charge in [0.15, 0.2) is 0 Å². The van der Waals surface area contributed by atoms with Crippen molar-refractivity contribution >= 4 is 11.8 Å². The van der Waals surface area contributed by atoms with Crippen molar-refractivity contribution in [2.24, 2.45) is 5.92 Å². The van der Waals surface area contributed by atoms with Crippen LogP contribution >= 0.6 is 0 Å². The highest BCUT2D eigenvalue weighted by atomic mass is 16.2. The zero-order chi connectivity index (χ0) is 12.1. The fraction of sp³-hybridized carbons (Fsp3) is 0.667. The lowest BCUT2D eigenvalue weighted by atomic mass is 9.99. The maximum Gasteiger partial charge on any atom is 0.243 e. The second kappa shape index (κ2) is 5.55. The first-order valence-electron chi connectivity index (χ1n) is 5.54. The number of amides is 2. The Labute approximate surface area is 96.4 Å². The number of piperazine rings is 1. The van der Waals surface area contributed by atoms with Gasteiger partial charge in [-0.05, 0) is 12.8 Å². The van der Waals surface area contributed by atoms with Crippen molar-refractivity contribution in [3.63, 3.8) is 0 Å². The summed E-state index contributed by atoms with van der Waals surface area (Å²) < 4.78 is 0. The van der Waals surface area contributed by atoms with Crippen LogP contribution in [0.3, 0.4) is 0 Å². The van der Waals surface area contributed by atoms with Gasteiger partial charge in [0.1, 0.15) is 6.04 Å². The van der Waals surface area contributed by atoms with Crippen LogP contribution in [0.5, 0.6) is 0 Å². The summed E-state index contributed by atoms with van der Waals surface area (Å²) in [6.07, 6.45) is 0.624. The Bertz CT molecular complexity index is 339. The van der Waals surface area contributed by atoms with Gasteiger partial charge in [0.25, 0.3) is 0 Å². The minimum atomic E-state index is -0.347. The third kappa shape index (κ3) is 2.75. The van der Waals surface area contributed by atoms with Crippen LogP contribution in [0.2, 0.25) is 0 Å². The molecule has 1 aliphatic rings. The van der Waals surface area contributed by atoms with Crippen LogP contribution in [0.25, 0.3) is 0 Å². The molecule has 4 nitrogen and oxygen atoms in total. The molecular formula is C12H18N2O2. The predicted octanol–water partition coefficient (Wildman–Crippen LogP) is 0.383. The molecule has 0 aromatic rings. The molecule has 0 aromatic heterocycles. The van der Waals surface area contributed by atoms with E-state index in [1.165, 1.54) is 0 Å². The second-order valence-electron chi connectivity index (χ2n) is 4.17. The molecule has 88 valence electrons. The first kappa shape index (κ1) is 12.6. The van der Waals surface area contributed by atoms with Gasteiger partial charge in [-0.25, -0.2) is 0 Å². The van der Waals surface area contributed by atoms with Crippen molar-refractivity contribution in [3.8, 4) is 11.8 Å². The quantitative estimate of drug-likeness (QED) is 0.702. The van der Waals surface area contributed by atoms with Gasteiger partial charge in [-0.15, -0.1) is 11.8 Å². The molecule has 1 fully saturated rings. The Hall–Kier alpha value is -1.50. The SMILES string of the molecule is CC#CCCN1C(=O)CNC(=O)C1C(C)C. The molecule has 0 saturated carbocycles. The summed E-state index contributed by atoms with van der Waals surface area (Å²) in [5.74, 6) is 5.75. The average Bonchev–Trinajstić information content (AvgIpc) is 2.23. The molecule has 1 saturated heterocycles. The monoisotopic (exact) mass is 222 g/mol. The molecule has 1 aliphatic heterocycles. The molecule has 4 heteroatoms. The van der Waals surface area contributed by atoms with E-state index in [1.54, 1.807) is 11.8 Å². The summed E-state index contributed by atoms with van der Waals surface area (Å²) in [4.78, 5) is 25.0. The minimum absolute atomic E-state index is 0.0174. The van der Waals surface area contributed by atoms with Crippen LogP contribution in [0.15, 0.2) is 0 Å². The van der Waals surface area contributed by atoms with E-state index in [2.05, 4.69) is 17.2 Å². The van der Waals surface area contributed by atoms with E-state index >= 15 is 0 Å². The standard InChI is InChI=1S/C12H18N2O2/c1-4-5-6-7-14-10(15)8-13-12(16)11(14)9(2)3/h9,11H,6-8H2,1-3H3,(H,13,16). The third-order valence-corrected chi connectivity index (χ3v) is 2.62. The zero-order valence-corrected chi connectivity index (χ0v) is 10.0. The van der Waals surface area contributed by atoms with Crippen LogP contribution in [0.1, 0.15) is 27.2 Å². The molecule has 0 aromatic carbocycles. The highest BCUT2D eigenvalue weighted by Crippen LogP contribution is 2.14. The third-order valence-electron chi connectivity index (χ3n) is 2.62. The normalized spacial score (nSPS) is 20.5. The number of nitrogens with one attached hydrogen (secondary N) is 1. The number of hydrogen-bond acceptors (Lipinski definition) is 2. The predicted molar refractivity (Wildman–Crippen MR) is 61.4 cm³/mol. The van der Waals surface area contributed by atoms with E-state index < -0.39 is 0 Å². The van der Waals surface area contributed by atoms with Gasteiger partial charge in [-0.2, -0.15) is 0 Å². The van der Waals surface area contributed by atoms with Crippen molar-refractivity contribution < 1.29 is 9.59 Å².